The minimum Gasteiger partial charge on any atom is -0.481 e. The van der Waals surface area contributed by atoms with Gasteiger partial charge in [-0.15, -0.1) is 0 Å². The lowest BCUT2D eigenvalue weighted by atomic mass is 9.93. The van der Waals surface area contributed by atoms with Gasteiger partial charge in [0.1, 0.15) is 0 Å². The molecule has 0 radical (unpaired) electrons. The van der Waals surface area contributed by atoms with E-state index in [0.29, 0.717) is 35.1 Å². The summed E-state index contributed by atoms with van der Waals surface area (Å²) in [6, 6.07) is 4.85. The van der Waals surface area contributed by atoms with Crippen molar-refractivity contribution >= 4 is 35.1 Å². The molecule has 1 fully saturated rings. The van der Waals surface area contributed by atoms with Gasteiger partial charge >= 0.3 is 5.97 Å². The third-order valence-corrected chi connectivity index (χ3v) is 4.48. The fourth-order valence-corrected chi connectivity index (χ4v) is 2.92. The number of amides is 1. The van der Waals surface area contributed by atoms with Crippen LogP contribution in [0.25, 0.3) is 0 Å². The van der Waals surface area contributed by atoms with Gasteiger partial charge in [-0.3, -0.25) is 9.59 Å². The molecule has 2 rings (SSSR count). The van der Waals surface area contributed by atoms with Crippen LogP contribution in [0.2, 0.25) is 10.0 Å². The summed E-state index contributed by atoms with van der Waals surface area (Å²) in [5.74, 6) is -0.613. The van der Waals surface area contributed by atoms with Crippen LogP contribution in [-0.2, 0) is 4.79 Å². The number of aliphatic carboxylic acids is 1. The summed E-state index contributed by atoms with van der Waals surface area (Å²) in [6.45, 7) is 1.30. The van der Waals surface area contributed by atoms with Gasteiger partial charge in [0.05, 0.1) is 10.0 Å². The lowest BCUT2D eigenvalue weighted by Crippen LogP contribution is -2.40. The van der Waals surface area contributed by atoms with E-state index in [1.165, 1.54) is 0 Å². The van der Waals surface area contributed by atoms with E-state index >= 15 is 0 Å². The molecular weight excluding hydrogens is 313 g/mol. The van der Waals surface area contributed by atoms with Crippen LogP contribution >= 0.6 is 23.2 Å². The molecule has 1 aliphatic rings. The highest BCUT2D eigenvalue weighted by atomic mass is 35.5. The van der Waals surface area contributed by atoms with Gasteiger partial charge in [0, 0.05) is 25.1 Å². The molecule has 0 unspecified atom stereocenters. The number of carbonyl (C=O) groups is 2. The van der Waals surface area contributed by atoms with Gasteiger partial charge in [-0.1, -0.05) is 23.2 Å². The average Bonchev–Trinajstić information content (AvgIpc) is 2.47. The van der Waals surface area contributed by atoms with Crippen LogP contribution in [0.1, 0.15) is 36.0 Å². The third kappa shape index (κ3) is 4.35. The SMILES string of the molecule is O=C(O)CC[C@@H]1CCCN(C(=O)c2ccc(Cl)c(Cl)c2)C1. The van der Waals surface area contributed by atoms with Gasteiger partial charge in [-0.2, -0.15) is 0 Å². The number of piperidine rings is 1. The molecule has 4 nitrogen and oxygen atoms in total. The molecule has 0 spiro atoms. The Morgan fingerprint density at radius 1 is 1.29 bits per heavy atom. The fraction of sp³-hybridized carbons (Fsp3) is 0.467. The van der Waals surface area contributed by atoms with Crippen molar-refractivity contribution in [3.8, 4) is 0 Å². The van der Waals surface area contributed by atoms with Gasteiger partial charge < -0.3 is 10.0 Å². The standard InChI is InChI=1S/C15H17Cl2NO3/c16-12-5-4-11(8-13(12)17)15(21)18-7-1-2-10(9-18)3-6-14(19)20/h4-5,8,10H,1-3,6-7,9H2,(H,19,20)/t10-/m0/s1. The Morgan fingerprint density at radius 2 is 2.05 bits per heavy atom. The molecule has 1 aromatic carbocycles. The van der Waals surface area contributed by atoms with E-state index in [1.807, 2.05) is 0 Å². The van der Waals surface area contributed by atoms with Gasteiger partial charge in [-0.05, 0) is 43.4 Å². The summed E-state index contributed by atoms with van der Waals surface area (Å²) in [5, 5.41) is 9.53. The second-order valence-electron chi connectivity index (χ2n) is 5.32. The van der Waals surface area contributed by atoms with E-state index in [2.05, 4.69) is 0 Å². The van der Waals surface area contributed by atoms with Crippen molar-refractivity contribution in [2.45, 2.75) is 25.7 Å². The molecule has 0 bridgehead atoms. The Bertz CT molecular complexity index is 548. The number of carbonyl (C=O) groups excluding carboxylic acids is 1. The second-order valence-corrected chi connectivity index (χ2v) is 6.14. The summed E-state index contributed by atoms with van der Waals surface area (Å²) < 4.78 is 0. The maximum atomic E-state index is 12.5. The number of carboxylic acid groups (broad SMARTS) is 1. The smallest absolute Gasteiger partial charge is 0.303 e. The molecule has 114 valence electrons. The lowest BCUT2D eigenvalue weighted by Gasteiger charge is -2.32. The van der Waals surface area contributed by atoms with E-state index in [1.54, 1.807) is 23.1 Å². The molecule has 1 amide bonds. The van der Waals surface area contributed by atoms with E-state index < -0.39 is 5.97 Å². The molecule has 1 aliphatic heterocycles. The van der Waals surface area contributed by atoms with Gasteiger partial charge in [0.25, 0.3) is 5.91 Å². The number of nitrogens with zero attached hydrogens (tertiary/aromatic N) is 1. The topological polar surface area (TPSA) is 57.6 Å². The van der Waals surface area contributed by atoms with E-state index in [0.717, 1.165) is 12.8 Å². The molecule has 1 atom stereocenters. The molecule has 6 heteroatoms. The minimum atomic E-state index is -0.789. The number of rotatable bonds is 4. The summed E-state index contributed by atoms with van der Waals surface area (Å²) in [6.07, 6.45) is 2.63. The molecule has 1 saturated heterocycles. The summed E-state index contributed by atoms with van der Waals surface area (Å²) >= 11 is 11.8. The first-order valence-electron chi connectivity index (χ1n) is 6.93. The van der Waals surface area contributed by atoms with Crippen LogP contribution in [0.5, 0.6) is 0 Å². The number of likely N-dealkylation sites (tertiary alicyclic amines) is 1. The second kappa shape index (κ2) is 7.14. The largest absolute Gasteiger partial charge is 0.481 e. The van der Waals surface area contributed by atoms with E-state index in [9.17, 15) is 9.59 Å². The Labute approximate surface area is 133 Å². The van der Waals surface area contributed by atoms with Crippen molar-refractivity contribution in [1.29, 1.82) is 0 Å². The van der Waals surface area contributed by atoms with Crippen molar-refractivity contribution in [1.82, 2.24) is 4.90 Å². The van der Waals surface area contributed by atoms with Crippen molar-refractivity contribution in [2.75, 3.05) is 13.1 Å². The Morgan fingerprint density at radius 3 is 2.71 bits per heavy atom. The highest BCUT2D eigenvalue weighted by Crippen LogP contribution is 2.26. The van der Waals surface area contributed by atoms with Crippen LogP contribution in [0.3, 0.4) is 0 Å². The van der Waals surface area contributed by atoms with E-state index in [4.69, 9.17) is 28.3 Å². The monoisotopic (exact) mass is 329 g/mol. The predicted molar refractivity (Wildman–Crippen MR) is 82.0 cm³/mol. The lowest BCUT2D eigenvalue weighted by molar-refractivity contribution is -0.137. The molecular formula is C15H17Cl2NO3. The van der Waals surface area contributed by atoms with E-state index in [-0.39, 0.29) is 18.2 Å². The van der Waals surface area contributed by atoms with Crippen molar-refractivity contribution < 1.29 is 14.7 Å². The first-order chi connectivity index (χ1) is 9.97. The highest BCUT2D eigenvalue weighted by Gasteiger charge is 2.25. The first kappa shape index (κ1) is 16.1. The van der Waals surface area contributed by atoms with Crippen LogP contribution in [0, 0.1) is 5.92 Å². The highest BCUT2D eigenvalue weighted by molar-refractivity contribution is 6.42. The average molecular weight is 330 g/mol. The predicted octanol–water partition coefficient (Wildman–Crippen LogP) is 3.71. The number of carboxylic acids is 1. The number of hydrogen-bond donors (Lipinski definition) is 1. The van der Waals surface area contributed by atoms with Crippen LogP contribution in [0.15, 0.2) is 18.2 Å². The minimum absolute atomic E-state index is 0.0754. The zero-order valence-electron chi connectivity index (χ0n) is 11.5. The number of halogens is 2. The van der Waals surface area contributed by atoms with Gasteiger partial charge in [-0.25, -0.2) is 0 Å². The van der Waals surface area contributed by atoms with Crippen LogP contribution in [0.4, 0.5) is 0 Å². The molecule has 0 saturated carbocycles. The van der Waals surface area contributed by atoms with Crippen molar-refractivity contribution in [3.05, 3.63) is 33.8 Å². The zero-order valence-corrected chi connectivity index (χ0v) is 13.0. The Hall–Kier alpha value is -1.26. The van der Waals surface area contributed by atoms with Crippen LogP contribution < -0.4 is 0 Å². The van der Waals surface area contributed by atoms with Gasteiger partial charge in [0.15, 0.2) is 0 Å². The van der Waals surface area contributed by atoms with Gasteiger partial charge in [0.2, 0.25) is 0 Å². The molecule has 1 heterocycles. The molecule has 1 N–H and O–H groups in total. The number of hydrogen-bond acceptors (Lipinski definition) is 2. The molecule has 1 aromatic rings. The van der Waals surface area contributed by atoms with Crippen molar-refractivity contribution in [3.63, 3.8) is 0 Å². The maximum Gasteiger partial charge on any atom is 0.303 e. The number of benzene rings is 1. The third-order valence-electron chi connectivity index (χ3n) is 3.74. The summed E-state index contributed by atoms with van der Waals surface area (Å²) in [4.78, 5) is 24.9. The first-order valence-corrected chi connectivity index (χ1v) is 7.69. The summed E-state index contributed by atoms with van der Waals surface area (Å²) in [5.41, 5.74) is 0.517. The molecule has 21 heavy (non-hydrogen) atoms. The molecule has 0 aromatic heterocycles. The van der Waals surface area contributed by atoms with Crippen molar-refractivity contribution in [2.24, 2.45) is 5.92 Å². The van der Waals surface area contributed by atoms with Crippen LogP contribution in [-0.4, -0.2) is 35.0 Å². The zero-order chi connectivity index (χ0) is 15.4. The molecule has 0 aliphatic carbocycles. The maximum absolute atomic E-state index is 12.5. The normalized spacial score (nSPS) is 18.6. The Balaban J connectivity index is 2.01. The fourth-order valence-electron chi connectivity index (χ4n) is 2.62. The quantitative estimate of drug-likeness (QED) is 0.915. The summed E-state index contributed by atoms with van der Waals surface area (Å²) in [7, 11) is 0. The Kier molecular flexibility index (Phi) is 5.48.